The quantitative estimate of drug-likeness (QED) is 0.490. The van der Waals surface area contributed by atoms with Crippen molar-refractivity contribution >= 4 is 21.8 Å². The second-order valence-electron chi connectivity index (χ2n) is 9.10. The van der Waals surface area contributed by atoms with Crippen molar-refractivity contribution in [2.75, 3.05) is 39.5 Å². The Morgan fingerprint density at radius 2 is 1.67 bits per heavy atom. The normalized spacial score (nSPS) is 15.3. The Hall–Kier alpha value is -2.95. The maximum atomic E-state index is 13.1. The van der Waals surface area contributed by atoms with Crippen molar-refractivity contribution in [1.82, 2.24) is 14.5 Å². The predicted octanol–water partition coefficient (Wildman–Crippen LogP) is 2.28. The van der Waals surface area contributed by atoms with Crippen LogP contribution in [0.3, 0.4) is 0 Å². The third-order valence-electron chi connectivity index (χ3n) is 5.84. The first-order valence-electron chi connectivity index (χ1n) is 12.1. The van der Waals surface area contributed by atoms with Crippen LogP contribution in [0, 0.1) is 5.92 Å². The lowest BCUT2D eigenvalue weighted by Crippen LogP contribution is -2.49. The number of amides is 2. The van der Waals surface area contributed by atoms with Crippen LogP contribution >= 0.6 is 0 Å². The average Bonchev–Trinajstić information content (AvgIpc) is 2.90. The lowest BCUT2D eigenvalue weighted by Gasteiger charge is -2.29. The molecule has 1 heterocycles. The number of morpholine rings is 1. The Kier molecular flexibility index (Phi) is 9.86. The molecule has 0 unspecified atom stereocenters. The summed E-state index contributed by atoms with van der Waals surface area (Å²) < 4.78 is 37.9. The van der Waals surface area contributed by atoms with E-state index < -0.39 is 16.1 Å². The van der Waals surface area contributed by atoms with Crippen LogP contribution in [0.5, 0.6) is 5.75 Å². The summed E-state index contributed by atoms with van der Waals surface area (Å²) >= 11 is 0. The first kappa shape index (κ1) is 27.6. The van der Waals surface area contributed by atoms with E-state index in [1.807, 2.05) is 44.2 Å². The molecule has 3 rings (SSSR count). The van der Waals surface area contributed by atoms with Crippen LogP contribution in [0.2, 0.25) is 0 Å². The van der Waals surface area contributed by atoms with E-state index in [1.54, 1.807) is 6.92 Å². The molecule has 2 amide bonds. The SMILES string of the molecule is CC(C)CNC(=O)[C@@H](C)N(Cc1ccccc1)C(=O)COc1ccc(S(=O)(=O)N2CCOCC2)cc1. The molecule has 1 aliphatic heterocycles. The van der Waals surface area contributed by atoms with Crippen LogP contribution in [0.1, 0.15) is 26.3 Å². The second-order valence-corrected chi connectivity index (χ2v) is 11.0. The Balaban J connectivity index is 1.66. The summed E-state index contributed by atoms with van der Waals surface area (Å²) in [5, 5.41) is 2.88. The van der Waals surface area contributed by atoms with E-state index in [0.717, 1.165) is 5.56 Å². The number of rotatable bonds is 11. The average molecular weight is 518 g/mol. The number of nitrogens with one attached hydrogen (secondary N) is 1. The third-order valence-corrected chi connectivity index (χ3v) is 7.75. The molecular weight excluding hydrogens is 482 g/mol. The highest BCUT2D eigenvalue weighted by molar-refractivity contribution is 7.89. The van der Waals surface area contributed by atoms with Crippen molar-refractivity contribution < 1.29 is 27.5 Å². The van der Waals surface area contributed by atoms with Gasteiger partial charge in [0.2, 0.25) is 15.9 Å². The van der Waals surface area contributed by atoms with Gasteiger partial charge in [0.25, 0.3) is 5.91 Å². The van der Waals surface area contributed by atoms with Gasteiger partial charge in [-0.25, -0.2) is 8.42 Å². The molecule has 36 heavy (non-hydrogen) atoms. The number of benzene rings is 2. The number of hydrogen-bond acceptors (Lipinski definition) is 6. The van der Waals surface area contributed by atoms with Crippen molar-refractivity contribution in [3.63, 3.8) is 0 Å². The van der Waals surface area contributed by atoms with Crippen molar-refractivity contribution in [2.24, 2.45) is 5.92 Å². The number of carbonyl (C=O) groups excluding carboxylic acids is 2. The minimum Gasteiger partial charge on any atom is -0.484 e. The van der Waals surface area contributed by atoms with Gasteiger partial charge in [0, 0.05) is 26.2 Å². The van der Waals surface area contributed by atoms with Crippen LogP contribution in [0.15, 0.2) is 59.5 Å². The fraction of sp³-hybridized carbons (Fsp3) is 0.462. The van der Waals surface area contributed by atoms with Crippen LogP contribution in [-0.2, 0) is 30.9 Å². The third kappa shape index (κ3) is 7.52. The molecule has 0 spiro atoms. The molecule has 10 heteroatoms. The van der Waals surface area contributed by atoms with Crippen molar-refractivity contribution in [3.8, 4) is 5.75 Å². The van der Waals surface area contributed by atoms with E-state index in [1.165, 1.54) is 33.5 Å². The van der Waals surface area contributed by atoms with Gasteiger partial charge >= 0.3 is 0 Å². The van der Waals surface area contributed by atoms with Gasteiger partial charge in [-0.1, -0.05) is 44.2 Å². The molecule has 2 aromatic rings. The second kappa shape index (κ2) is 12.8. The fourth-order valence-corrected chi connectivity index (χ4v) is 5.09. The fourth-order valence-electron chi connectivity index (χ4n) is 3.69. The zero-order valence-electron chi connectivity index (χ0n) is 21.1. The molecule has 0 radical (unpaired) electrons. The van der Waals surface area contributed by atoms with Gasteiger partial charge < -0.3 is 19.7 Å². The van der Waals surface area contributed by atoms with Gasteiger partial charge in [0.1, 0.15) is 11.8 Å². The zero-order chi connectivity index (χ0) is 26.1. The molecule has 2 aromatic carbocycles. The Morgan fingerprint density at radius 1 is 1.03 bits per heavy atom. The predicted molar refractivity (Wildman–Crippen MR) is 136 cm³/mol. The monoisotopic (exact) mass is 517 g/mol. The van der Waals surface area contributed by atoms with Crippen LogP contribution < -0.4 is 10.1 Å². The zero-order valence-corrected chi connectivity index (χ0v) is 21.9. The molecule has 1 N–H and O–H groups in total. The molecule has 0 saturated carbocycles. The number of carbonyl (C=O) groups is 2. The van der Waals surface area contributed by atoms with E-state index >= 15 is 0 Å². The highest BCUT2D eigenvalue weighted by Crippen LogP contribution is 2.21. The highest BCUT2D eigenvalue weighted by atomic mass is 32.2. The molecule has 0 bridgehead atoms. The molecule has 1 saturated heterocycles. The molecular formula is C26H35N3O6S. The van der Waals surface area contributed by atoms with E-state index in [9.17, 15) is 18.0 Å². The van der Waals surface area contributed by atoms with E-state index in [-0.39, 0.29) is 35.8 Å². The summed E-state index contributed by atoms with van der Waals surface area (Å²) in [6.07, 6.45) is 0. The lowest BCUT2D eigenvalue weighted by molar-refractivity contribution is -0.142. The standard InChI is InChI=1S/C26H35N3O6S/c1-20(2)17-27-26(31)21(3)29(18-22-7-5-4-6-8-22)25(30)19-35-23-9-11-24(12-10-23)36(32,33)28-13-15-34-16-14-28/h4-12,20-21H,13-19H2,1-3H3,(H,27,31)/t21-/m1/s1. The summed E-state index contributed by atoms with van der Waals surface area (Å²) in [7, 11) is -3.61. The Morgan fingerprint density at radius 3 is 2.28 bits per heavy atom. The van der Waals surface area contributed by atoms with Gasteiger partial charge in [0.15, 0.2) is 6.61 Å². The van der Waals surface area contributed by atoms with Crippen LogP contribution in [-0.4, -0.2) is 74.9 Å². The number of hydrogen-bond donors (Lipinski definition) is 1. The largest absolute Gasteiger partial charge is 0.484 e. The first-order valence-corrected chi connectivity index (χ1v) is 13.5. The van der Waals surface area contributed by atoms with E-state index in [0.29, 0.717) is 38.6 Å². The van der Waals surface area contributed by atoms with Gasteiger partial charge in [-0.3, -0.25) is 9.59 Å². The van der Waals surface area contributed by atoms with Crippen LogP contribution in [0.25, 0.3) is 0 Å². The molecule has 1 aliphatic rings. The molecule has 0 aliphatic carbocycles. The van der Waals surface area contributed by atoms with Crippen LogP contribution in [0.4, 0.5) is 0 Å². The van der Waals surface area contributed by atoms with Crippen molar-refractivity contribution in [2.45, 2.75) is 38.3 Å². The van der Waals surface area contributed by atoms with Gasteiger partial charge in [-0.05, 0) is 42.7 Å². The van der Waals surface area contributed by atoms with E-state index in [4.69, 9.17) is 9.47 Å². The summed E-state index contributed by atoms with van der Waals surface area (Å²) in [5.41, 5.74) is 0.895. The topological polar surface area (TPSA) is 105 Å². The number of ether oxygens (including phenoxy) is 2. The smallest absolute Gasteiger partial charge is 0.261 e. The first-order chi connectivity index (χ1) is 17.2. The lowest BCUT2D eigenvalue weighted by atomic mass is 10.1. The molecule has 1 fully saturated rings. The Labute approximate surface area is 213 Å². The maximum absolute atomic E-state index is 13.1. The maximum Gasteiger partial charge on any atom is 0.261 e. The van der Waals surface area contributed by atoms with E-state index in [2.05, 4.69) is 5.32 Å². The summed E-state index contributed by atoms with van der Waals surface area (Å²) in [6, 6.07) is 14.7. The number of nitrogens with zero attached hydrogens (tertiary/aromatic N) is 2. The highest BCUT2D eigenvalue weighted by Gasteiger charge is 2.28. The van der Waals surface area contributed by atoms with Gasteiger partial charge in [0.05, 0.1) is 18.1 Å². The van der Waals surface area contributed by atoms with Crippen molar-refractivity contribution in [1.29, 1.82) is 0 Å². The summed E-state index contributed by atoms with van der Waals surface area (Å²) in [5.74, 6) is 0.0698. The molecule has 196 valence electrons. The van der Waals surface area contributed by atoms with Gasteiger partial charge in [-0.15, -0.1) is 0 Å². The summed E-state index contributed by atoms with van der Waals surface area (Å²) in [6.45, 7) is 7.57. The molecule has 0 aromatic heterocycles. The number of sulfonamides is 1. The Bertz CT molecular complexity index is 1100. The summed E-state index contributed by atoms with van der Waals surface area (Å²) in [4.78, 5) is 27.5. The minimum atomic E-state index is -3.61. The molecule has 9 nitrogen and oxygen atoms in total. The molecule has 1 atom stereocenters. The van der Waals surface area contributed by atoms with Gasteiger partial charge in [-0.2, -0.15) is 4.31 Å². The van der Waals surface area contributed by atoms with Crippen molar-refractivity contribution in [3.05, 3.63) is 60.2 Å². The minimum absolute atomic E-state index is 0.157.